The average molecular weight is 395 g/mol. The van der Waals surface area contributed by atoms with E-state index >= 15 is 0 Å². The summed E-state index contributed by atoms with van der Waals surface area (Å²) in [7, 11) is 0. The zero-order chi connectivity index (χ0) is 18.8. The van der Waals surface area contributed by atoms with Crippen molar-refractivity contribution in [1.29, 1.82) is 0 Å². The molecular weight excluding hydrogens is 374 g/mol. The number of rotatable bonds is 4. The van der Waals surface area contributed by atoms with Crippen LogP contribution >= 0.6 is 11.6 Å². The Morgan fingerprint density at radius 2 is 1.85 bits per heavy atom. The van der Waals surface area contributed by atoms with Gasteiger partial charge in [-0.1, -0.05) is 11.6 Å². The van der Waals surface area contributed by atoms with E-state index in [9.17, 15) is 8.78 Å². The van der Waals surface area contributed by atoms with Crippen LogP contribution < -0.4 is 9.64 Å². The Bertz CT molecular complexity index is 772. The van der Waals surface area contributed by atoms with E-state index in [2.05, 4.69) is 20.0 Å². The molecule has 0 radical (unpaired) electrons. The number of piperidine rings is 1. The van der Waals surface area contributed by atoms with Crippen molar-refractivity contribution in [2.24, 2.45) is 5.92 Å². The number of benzene rings is 1. The highest BCUT2D eigenvalue weighted by atomic mass is 35.5. The van der Waals surface area contributed by atoms with E-state index in [0.717, 1.165) is 50.9 Å². The third-order valence-corrected chi connectivity index (χ3v) is 5.47. The zero-order valence-electron chi connectivity index (χ0n) is 14.8. The van der Waals surface area contributed by atoms with Crippen molar-refractivity contribution in [3.05, 3.63) is 47.1 Å². The summed E-state index contributed by atoms with van der Waals surface area (Å²) in [6.07, 6.45) is 2.09. The van der Waals surface area contributed by atoms with Crippen molar-refractivity contribution in [1.82, 2.24) is 15.1 Å². The molecule has 2 aliphatic heterocycles. The number of ether oxygens (including phenoxy) is 1. The topological polar surface area (TPSA) is 41.5 Å². The van der Waals surface area contributed by atoms with Gasteiger partial charge < -0.3 is 9.64 Å². The van der Waals surface area contributed by atoms with Crippen LogP contribution in [0.4, 0.5) is 14.6 Å². The van der Waals surface area contributed by atoms with Crippen LogP contribution in [0.3, 0.4) is 0 Å². The molecule has 2 aliphatic rings. The van der Waals surface area contributed by atoms with Crippen LogP contribution in [0, 0.1) is 17.6 Å². The number of aromatic nitrogens is 2. The first kappa shape index (κ1) is 18.4. The second kappa shape index (κ2) is 7.94. The van der Waals surface area contributed by atoms with Crippen LogP contribution in [0.2, 0.25) is 5.15 Å². The van der Waals surface area contributed by atoms with Crippen molar-refractivity contribution >= 4 is 17.4 Å². The van der Waals surface area contributed by atoms with E-state index in [0.29, 0.717) is 23.7 Å². The molecule has 1 aromatic heterocycles. The summed E-state index contributed by atoms with van der Waals surface area (Å²) in [5.74, 6) is 0.234. The second-order valence-electron chi connectivity index (χ2n) is 7.17. The van der Waals surface area contributed by atoms with E-state index in [1.54, 1.807) is 6.07 Å². The van der Waals surface area contributed by atoms with E-state index in [1.807, 2.05) is 6.07 Å². The SMILES string of the molecule is Fc1cc(F)cc(OC[C@@H]2CCC3CN(c4ccc(Cl)nn4)CCN3C2)c1. The number of fused-ring (bicyclic) bond motifs is 1. The lowest BCUT2D eigenvalue weighted by Crippen LogP contribution is -2.57. The maximum Gasteiger partial charge on any atom is 0.151 e. The molecule has 5 nitrogen and oxygen atoms in total. The molecule has 0 saturated carbocycles. The number of hydrogen-bond donors (Lipinski definition) is 0. The standard InChI is InChI=1S/C19H21ClF2N4O/c20-18-3-4-19(24-23-18)26-6-5-25-10-13(1-2-16(25)11-26)12-27-17-8-14(21)7-15(22)9-17/h3-4,7-9,13,16H,1-2,5-6,10-12H2/t13-,16?/m1/s1. The second-order valence-corrected chi connectivity index (χ2v) is 7.56. The Balaban J connectivity index is 1.30. The molecule has 0 amide bonds. The highest BCUT2D eigenvalue weighted by molar-refractivity contribution is 6.29. The fraction of sp³-hybridized carbons (Fsp3) is 0.474. The van der Waals surface area contributed by atoms with Crippen molar-refractivity contribution < 1.29 is 13.5 Å². The fourth-order valence-corrected chi connectivity index (χ4v) is 4.01. The molecule has 4 rings (SSSR count). The van der Waals surface area contributed by atoms with Gasteiger partial charge in [-0.15, -0.1) is 10.2 Å². The Kier molecular flexibility index (Phi) is 5.41. The molecule has 2 aromatic rings. The summed E-state index contributed by atoms with van der Waals surface area (Å²) in [4.78, 5) is 4.72. The van der Waals surface area contributed by atoms with Gasteiger partial charge in [-0.05, 0) is 25.0 Å². The summed E-state index contributed by atoms with van der Waals surface area (Å²) >= 11 is 5.81. The van der Waals surface area contributed by atoms with Crippen LogP contribution in [-0.4, -0.2) is 53.9 Å². The number of nitrogens with zero attached hydrogens (tertiary/aromatic N) is 4. The minimum absolute atomic E-state index is 0.251. The van der Waals surface area contributed by atoms with Gasteiger partial charge in [-0.2, -0.15) is 0 Å². The summed E-state index contributed by atoms with van der Waals surface area (Å²) in [6.45, 7) is 4.15. The van der Waals surface area contributed by atoms with E-state index in [-0.39, 0.29) is 5.75 Å². The predicted octanol–water partition coefficient (Wildman–Crippen LogP) is 3.39. The third kappa shape index (κ3) is 4.47. The van der Waals surface area contributed by atoms with Crippen LogP contribution in [-0.2, 0) is 0 Å². The Morgan fingerprint density at radius 1 is 1.04 bits per heavy atom. The molecule has 3 heterocycles. The van der Waals surface area contributed by atoms with E-state index in [4.69, 9.17) is 16.3 Å². The van der Waals surface area contributed by atoms with Gasteiger partial charge in [-0.25, -0.2) is 8.78 Å². The fourth-order valence-electron chi connectivity index (χ4n) is 3.91. The lowest BCUT2D eigenvalue weighted by Gasteiger charge is -2.46. The Morgan fingerprint density at radius 3 is 2.59 bits per heavy atom. The first-order valence-electron chi connectivity index (χ1n) is 9.14. The third-order valence-electron chi connectivity index (χ3n) is 5.27. The van der Waals surface area contributed by atoms with Crippen molar-refractivity contribution in [2.45, 2.75) is 18.9 Å². The molecule has 1 aromatic carbocycles. The first-order chi connectivity index (χ1) is 13.1. The number of halogens is 3. The van der Waals surface area contributed by atoms with Crippen LogP contribution in [0.1, 0.15) is 12.8 Å². The molecule has 1 unspecified atom stereocenters. The number of anilines is 1. The van der Waals surface area contributed by atoms with Crippen molar-refractivity contribution in [3.8, 4) is 5.75 Å². The van der Waals surface area contributed by atoms with Crippen molar-refractivity contribution in [3.63, 3.8) is 0 Å². The van der Waals surface area contributed by atoms with Crippen LogP contribution in [0.25, 0.3) is 0 Å². The summed E-state index contributed by atoms with van der Waals surface area (Å²) in [5, 5.41) is 8.50. The minimum atomic E-state index is -0.616. The maximum absolute atomic E-state index is 13.3. The van der Waals surface area contributed by atoms with Gasteiger partial charge in [0.25, 0.3) is 0 Å². The van der Waals surface area contributed by atoms with Gasteiger partial charge >= 0.3 is 0 Å². The Labute approximate surface area is 161 Å². The summed E-state index contributed by atoms with van der Waals surface area (Å²) in [5.41, 5.74) is 0. The molecule has 0 spiro atoms. The number of piperazine rings is 1. The lowest BCUT2D eigenvalue weighted by atomic mass is 9.91. The first-order valence-corrected chi connectivity index (χ1v) is 9.52. The lowest BCUT2D eigenvalue weighted by molar-refractivity contribution is 0.0726. The maximum atomic E-state index is 13.3. The largest absolute Gasteiger partial charge is 0.493 e. The summed E-state index contributed by atoms with van der Waals surface area (Å²) in [6, 6.07) is 7.44. The minimum Gasteiger partial charge on any atom is -0.493 e. The molecule has 2 atom stereocenters. The van der Waals surface area contributed by atoms with Gasteiger partial charge in [0, 0.05) is 56.3 Å². The normalized spacial score (nSPS) is 23.1. The number of hydrogen-bond acceptors (Lipinski definition) is 5. The molecule has 0 N–H and O–H groups in total. The Hall–Kier alpha value is -1.99. The highest BCUT2D eigenvalue weighted by Gasteiger charge is 2.33. The molecule has 144 valence electrons. The van der Waals surface area contributed by atoms with Gasteiger partial charge in [0.1, 0.15) is 17.4 Å². The zero-order valence-corrected chi connectivity index (χ0v) is 15.6. The highest BCUT2D eigenvalue weighted by Crippen LogP contribution is 2.28. The predicted molar refractivity (Wildman–Crippen MR) is 99.2 cm³/mol. The van der Waals surface area contributed by atoms with Gasteiger partial charge in [-0.3, -0.25) is 4.90 Å². The molecular formula is C19H21ClF2N4O. The summed E-state index contributed by atoms with van der Waals surface area (Å²) < 4.78 is 32.2. The van der Waals surface area contributed by atoms with E-state index in [1.165, 1.54) is 12.1 Å². The quantitative estimate of drug-likeness (QED) is 0.795. The monoisotopic (exact) mass is 394 g/mol. The molecule has 2 saturated heterocycles. The average Bonchev–Trinajstić information content (AvgIpc) is 2.66. The molecule has 8 heteroatoms. The van der Waals surface area contributed by atoms with Crippen LogP contribution in [0.5, 0.6) is 5.75 Å². The van der Waals surface area contributed by atoms with Gasteiger partial charge in [0.2, 0.25) is 0 Å². The van der Waals surface area contributed by atoms with Crippen molar-refractivity contribution in [2.75, 3.05) is 37.7 Å². The van der Waals surface area contributed by atoms with E-state index < -0.39 is 11.6 Å². The molecule has 2 fully saturated rings. The molecule has 0 bridgehead atoms. The van der Waals surface area contributed by atoms with Crippen LogP contribution in [0.15, 0.2) is 30.3 Å². The van der Waals surface area contributed by atoms with Gasteiger partial charge in [0.15, 0.2) is 11.0 Å². The van der Waals surface area contributed by atoms with Gasteiger partial charge in [0.05, 0.1) is 6.61 Å². The molecule has 0 aliphatic carbocycles. The molecule has 27 heavy (non-hydrogen) atoms. The smallest absolute Gasteiger partial charge is 0.151 e.